The summed E-state index contributed by atoms with van der Waals surface area (Å²) in [6.07, 6.45) is 0.250. The number of hydrogen-bond acceptors (Lipinski definition) is 3. The smallest absolute Gasteiger partial charge is 0.321 e. The average molecular weight is 285 g/mol. The molecule has 0 unspecified atom stereocenters. The predicted octanol–water partition coefficient (Wildman–Crippen LogP) is 1.77. The number of aliphatic carboxylic acids is 1. The summed E-state index contributed by atoms with van der Waals surface area (Å²) in [5.41, 5.74) is 0.804. The number of aryl methyl sites for hydroxylation is 1. The molecular weight excluding hydrogens is 266 g/mol. The molecule has 0 fully saturated rings. The Balaban J connectivity index is 2.97. The van der Waals surface area contributed by atoms with Crippen LogP contribution in [0.25, 0.3) is 0 Å². The van der Waals surface area contributed by atoms with Crippen LogP contribution in [0.15, 0.2) is 29.2 Å². The van der Waals surface area contributed by atoms with Gasteiger partial charge in [-0.1, -0.05) is 26.0 Å². The lowest BCUT2D eigenvalue weighted by molar-refractivity contribution is -0.139. The second-order valence-electron chi connectivity index (χ2n) is 4.96. The van der Waals surface area contributed by atoms with Crippen molar-refractivity contribution in [1.29, 1.82) is 0 Å². The van der Waals surface area contributed by atoms with E-state index >= 15 is 0 Å². The monoisotopic (exact) mass is 285 g/mol. The van der Waals surface area contributed by atoms with Crippen LogP contribution in [-0.4, -0.2) is 25.5 Å². The SMILES string of the molecule is Cc1cccc(S(=O)(=O)N[C@@H](CC(C)C)C(=O)O)c1. The third-order valence-electron chi connectivity index (χ3n) is 2.60. The lowest BCUT2D eigenvalue weighted by atomic mass is 10.1. The second kappa shape index (κ2) is 6.16. The molecule has 0 spiro atoms. The van der Waals surface area contributed by atoms with Crippen LogP contribution in [0.2, 0.25) is 0 Å². The van der Waals surface area contributed by atoms with E-state index in [-0.39, 0.29) is 17.2 Å². The fraction of sp³-hybridized carbons (Fsp3) is 0.462. The van der Waals surface area contributed by atoms with E-state index in [0.717, 1.165) is 5.56 Å². The summed E-state index contributed by atoms with van der Waals surface area (Å²) >= 11 is 0. The average Bonchev–Trinajstić information content (AvgIpc) is 2.27. The molecule has 1 aromatic carbocycles. The number of sulfonamides is 1. The summed E-state index contributed by atoms with van der Waals surface area (Å²) in [5, 5.41) is 9.06. The van der Waals surface area contributed by atoms with E-state index in [0.29, 0.717) is 0 Å². The normalized spacial score (nSPS) is 13.5. The third kappa shape index (κ3) is 4.65. The van der Waals surface area contributed by atoms with Gasteiger partial charge in [-0.3, -0.25) is 4.79 Å². The van der Waals surface area contributed by atoms with Gasteiger partial charge in [-0.05, 0) is 37.0 Å². The van der Waals surface area contributed by atoms with Gasteiger partial charge in [-0.15, -0.1) is 0 Å². The lowest BCUT2D eigenvalue weighted by Crippen LogP contribution is -2.41. The third-order valence-corrected chi connectivity index (χ3v) is 4.07. The van der Waals surface area contributed by atoms with Crippen LogP contribution in [-0.2, 0) is 14.8 Å². The summed E-state index contributed by atoms with van der Waals surface area (Å²) in [7, 11) is -3.80. The molecule has 19 heavy (non-hydrogen) atoms. The first kappa shape index (κ1) is 15.7. The van der Waals surface area contributed by atoms with Gasteiger partial charge in [0.05, 0.1) is 4.90 Å². The Morgan fingerprint density at radius 1 is 1.37 bits per heavy atom. The van der Waals surface area contributed by atoms with Crippen LogP contribution >= 0.6 is 0 Å². The number of nitrogens with one attached hydrogen (secondary N) is 1. The molecule has 0 bridgehead atoms. The maximum atomic E-state index is 12.1. The maximum Gasteiger partial charge on any atom is 0.321 e. The number of carbonyl (C=O) groups is 1. The van der Waals surface area contributed by atoms with Crippen molar-refractivity contribution in [1.82, 2.24) is 4.72 Å². The van der Waals surface area contributed by atoms with Crippen LogP contribution < -0.4 is 4.72 Å². The Hall–Kier alpha value is -1.40. The maximum absolute atomic E-state index is 12.1. The zero-order valence-corrected chi connectivity index (χ0v) is 12.1. The van der Waals surface area contributed by atoms with Crippen molar-refractivity contribution < 1.29 is 18.3 Å². The summed E-state index contributed by atoms with van der Waals surface area (Å²) < 4.78 is 26.5. The Labute approximate surface area is 113 Å². The predicted molar refractivity (Wildman–Crippen MR) is 72.4 cm³/mol. The minimum Gasteiger partial charge on any atom is -0.480 e. The van der Waals surface area contributed by atoms with Crippen molar-refractivity contribution in [3.63, 3.8) is 0 Å². The fourth-order valence-corrected chi connectivity index (χ4v) is 3.02. The summed E-state index contributed by atoms with van der Waals surface area (Å²) in [5.74, 6) is -1.08. The molecule has 6 heteroatoms. The second-order valence-corrected chi connectivity index (χ2v) is 6.67. The lowest BCUT2D eigenvalue weighted by Gasteiger charge is -2.16. The molecule has 0 heterocycles. The molecule has 0 saturated carbocycles. The Morgan fingerprint density at radius 2 is 2.00 bits per heavy atom. The molecule has 1 atom stereocenters. The van der Waals surface area contributed by atoms with Crippen LogP contribution in [0.3, 0.4) is 0 Å². The largest absolute Gasteiger partial charge is 0.480 e. The van der Waals surface area contributed by atoms with E-state index in [1.54, 1.807) is 19.1 Å². The van der Waals surface area contributed by atoms with Gasteiger partial charge in [0.2, 0.25) is 10.0 Å². The first-order valence-electron chi connectivity index (χ1n) is 6.04. The molecule has 0 amide bonds. The quantitative estimate of drug-likeness (QED) is 0.834. The molecule has 1 aromatic rings. The standard InChI is InChI=1S/C13H19NO4S/c1-9(2)7-12(13(15)16)14-19(17,18)11-6-4-5-10(3)8-11/h4-6,8-9,12,14H,7H2,1-3H3,(H,15,16)/t12-/m0/s1. The highest BCUT2D eigenvalue weighted by molar-refractivity contribution is 7.89. The number of benzene rings is 1. The molecule has 1 rings (SSSR count). The van der Waals surface area contributed by atoms with Gasteiger partial charge in [-0.25, -0.2) is 8.42 Å². The van der Waals surface area contributed by atoms with Gasteiger partial charge in [0.1, 0.15) is 6.04 Å². The highest BCUT2D eigenvalue weighted by Gasteiger charge is 2.25. The van der Waals surface area contributed by atoms with E-state index in [4.69, 9.17) is 5.11 Å². The molecule has 0 aliphatic carbocycles. The minimum atomic E-state index is -3.80. The van der Waals surface area contributed by atoms with Gasteiger partial charge >= 0.3 is 5.97 Å². The number of carboxylic acid groups (broad SMARTS) is 1. The molecule has 0 radical (unpaired) electrons. The fourth-order valence-electron chi connectivity index (χ4n) is 1.71. The van der Waals surface area contributed by atoms with Crippen molar-refractivity contribution in [2.45, 2.75) is 38.1 Å². The molecule has 2 N–H and O–H groups in total. The zero-order chi connectivity index (χ0) is 14.6. The van der Waals surface area contributed by atoms with Gasteiger partial charge in [0, 0.05) is 0 Å². The van der Waals surface area contributed by atoms with E-state index in [1.165, 1.54) is 12.1 Å². The molecule has 5 nitrogen and oxygen atoms in total. The van der Waals surface area contributed by atoms with Crippen molar-refractivity contribution in [3.05, 3.63) is 29.8 Å². The number of hydrogen-bond donors (Lipinski definition) is 2. The van der Waals surface area contributed by atoms with E-state index in [9.17, 15) is 13.2 Å². The Kier molecular flexibility index (Phi) is 5.08. The van der Waals surface area contributed by atoms with Crippen LogP contribution in [0, 0.1) is 12.8 Å². The topological polar surface area (TPSA) is 83.5 Å². The highest BCUT2D eigenvalue weighted by atomic mass is 32.2. The molecule has 0 saturated heterocycles. The summed E-state index contributed by atoms with van der Waals surface area (Å²) in [4.78, 5) is 11.2. The van der Waals surface area contributed by atoms with Crippen molar-refractivity contribution >= 4 is 16.0 Å². The van der Waals surface area contributed by atoms with Gasteiger partial charge in [0.25, 0.3) is 0 Å². The first-order valence-corrected chi connectivity index (χ1v) is 7.52. The molecule has 0 aromatic heterocycles. The van der Waals surface area contributed by atoms with E-state index < -0.39 is 22.0 Å². The Morgan fingerprint density at radius 3 is 2.47 bits per heavy atom. The van der Waals surface area contributed by atoms with Crippen LogP contribution in [0.5, 0.6) is 0 Å². The summed E-state index contributed by atoms with van der Waals surface area (Å²) in [6.45, 7) is 5.47. The van der Waals surface area contributed by atoms with E-state index in [2.05, 4.69) is 4.72 Å². The van der Waals surface area contributed by atoms with Crippen molar-refractivity contribution in [2.24, 2.45) is 5.92 Å². The Bertz CT molecular complexity index is 552. The van der Waals surface area contributed by atoms with Crippen LogP contribution in [0.4, 0.5) is 0 Å². The zero-order valence-electron chi connectivity index (χ0n) is 11.3. The van der Waals surface area contributed by atoms with Gasteiger partial charge in [0.15, 0.2) is 0 Å². The molecule has 0 aliphatic heterocycles. The van der Waals surface area contributed by atoms with Crippen molar-refractivity contribution in [3.8, 4) is 0 Å². The van der Waals surface area contributed by atoms with Crippen molar-refractivity contribution in [2.75, 3.05) is 0 Å². The highest BCUT2D eigenvalue weighted by Crippen LogP contribution is 2.13. The first-order chi connectivity index (χ1) is 8.72. The molecular formula is C13H19NO4S. The van der Waals surface area contributed by atoms with Crippen LogP contribution in [0.1, 0.15) is 25.8 Å². The number of rotatable bonds is 6. The van der Waals surface area contributed by atoms with E-state index in [1.807, 2.05) is 13.8 Å². The summed E-state index contributed by atoms with van der Waals surface area (Å²) in [6, 6.07) is 5.26. The molecule has 106 valence electrons. The van der Waals surface area contributed by atoms with Gasteiger partial charge < -0.3 is 5.11 Å². The number of carboxylic acids is 1. The minimum absolute atomic E-state index is 0.0845. The molecule has 0 aliphatic rings. The van der Waals surface area contributed by atoms with Gasteiger partial charge in [-0.2, -0.15) is 4.72 Å².